The van der Waals surface area contributed by atoms with Gasteiger partial charge in [-0.05, 0) is 86.3 Å². The molecule has 0 radical (unpaired) electrons. The minimum atomic E-state index is -1.08. The molecule has 3 N–H and O–H groups in total. The average molecular weight is 594 g/mol. The quantitative estimate of drug-likeness (QED) is 0.188. The highest BCUT2D eigenvalue weighted by molar-refractivity contribution is 6.00. The first-order valence-electron chi connectivity index (χ1n) is 15.0. The molecule has 44 heavy (non-hydrogen) atoms. The van der Waals surface area contributed by atoms with Crippen LogP contribution in [-0.2, 0) is 18.4 Å². The van der Waals surface area contributed by atoms with E-state index in [1.807, 2.05) is 93.7 Å². The van der Waals surface area contributed by atoms with Crippen molar-refractivity contribution < 1.29 is 19.4 Å². The number of aliphatic hydroxyl groups is 1. The maximum atomic E-state index is 13.7. The summed E-state index contributed by atoms with van der Waals surface area (Å²) in [5, 5.41) is 17.7. The lowest BCUT2D eigenvalue weighted by molar-refractivity contribution is 0.0365. The molecule has 0 aliphatic heterocycles. The van der Waals surface area contributed by atoms with Gasteiger partial charge in [-0.25, -0.2) is 0 Å². The molecule has 0 bridgehead atoms. The Morgan fingerprint density at radius 3 is 2.16 bits per heavy atom. The van der Waals surface area contributed by atoms with Crippen LogP contribution in [0.2, 0.25) is 0 Å². The van der Waals surface area contributed by atoms with E-state index >= 15 is 0 Å². The number of ether oxygens (including phenoxy) is 1. The molecule has 7 nitrogen and oxygen atoms in total. The molecule has 0 unspecified atom stereocenters. The Bertz CT molecular complexity index is 1530. The number of hydrogen-bond donors (Lipinski definition) is 3. The van der Waals surface area contributed by atoms with Crippen molar-refractivity contribution in [3.63, 3.8) is 0 Å². The summed E-state index contributed by atoms with van der Waals surface area (Å²) < 4.78 is 5.28. The number of amides is 2. The van der Waals surface area contributed by atoms with E-state index < -0.39 is 11.6 Å². The summed E-state index contributed by atoms with van der Waals surface area (Å²) in [5.41, 5.74) is 3.55. The van der Waals surface area contributed by atoms with Gasteiger partial charge in [0.2, 0.25) is 0 Å². The van der Waals surface area contributed by atoms with Gasteiger partial charge < -0.3 is 25.4 Å². The number of nitrogens with zero attached hydrogens (tertiary/aromatic N) is 1. The molecule has 0 aromatic heterocycles. The Balaban J connectivity index is 1.45. The van der Waals surface area contributed by atoms with E-state index in [1.165, 1.54) is 5.56 Å². The second-order valence-electron chi connectivity index (χ2n) is 11.5. The van der Waals surface area contributed by atoms with Crippen molar-refractivity contribution in [1.29, 1.82) is 0 Å². The molecule has 4 rings (SSSR count). The second-order valence-corrected chi connectivity index (χ2v) is 11.5. The summed E-state index contributed by atoms with van der Waals surface area (Å²) in [5.74, 6) is 0.155. The normalized spacial score (nSPS) is 13.1. The number of carbonyl (C=O) groups is 2. The molecule has 0 aliphatic carbocycles. The predicted octanol–water partition coefficient (Wildman–Crippen LogP) is 5.16. The zero-order valence-electron chi connectivity index (χ0n) is 26.0. The summed E-state index contributed by atoms with van der Waals surface area (Å²) in [6.07, 6.45) is 0.597. The van der Waals surface area contributed by atoms with E-state index in [0.29, 0.717) is 30.6 Å². The van der Waals surface area contributed by atoms with Crippen molar-refractivity contribution in [1.82, 2.24) is 15.5 Å². The molecule has 0 heterocycles. The van der Waals surface area contributed by atoms with Crippen molar-refractivity contribution >= 4 is 11.8 Å². The largest absolute Gasteiger partial charge is 0.497 e. The van der Waals surface area contributed by atoms with Crippen LogP contribution in [0.25, 0.3) is 0 Å². The first kappa shape index (κ1) is 32.5. The van der Waals surface area contributed by atoms with Gasteiger partial charge >= 0.3 is 0 Å². The monoisotopic (exact) mass is 593 g/mol. The number of methoxy groups -OCH3 is 1. The number of benzene rings is 4. The first-order chi connectivity index (χ1) is 21.2. The van der Waals surface area contributed by atoms with Crippen LogP contribution in [0, 0.1) is 6.92 Å². The van der Waals surface area contributed by atoms with Crippen molar-refractivity contribution in [2.24, 2.45) is 0 Å². The van der Waals surface area contributed by atoms with E-state index in [2.05, 4.69) is 27.7 Å². The highest BCUT2D eigenvalue weighted by Crippen LogP contribution is 2.27. The molecule has 4 aromatic carbocycles. The average Bonchev–Trinajstić information content (AvgIpc) is 3.04. The first-order valence-corrected chi connectivity index (χ1v) is 15.0. The van der Waals surface area contributed by atoms with Gasteiger partial charge in [0.1, 0.15) is 5.75 Å². The minimum absolute atomic E-state index is 0.253. The Morgan fingerprint density at radius 2 is 1.48 bits per heavy atom. The smallest absolute Gasteiger partial charge is 0.252 e. The molecule has 0 spiro atoms. The van der Waals surface area contributed by atoms with Crippen LogP contribution in [-0.4, -0.2) is 61.7 Å². The number of hydrogen-bond acceptors (Lipinski definition) is 5. The number of aliphatic hydroxyl groups excluding tert-OH is 1. The van der Waals surface area contributed by atoms with Crippen LogP contribution in [0.15, 0.2) is 103 Å². The Hall–Kier alpha value is -4.46. The van der Waals surface area contributed by atoms with E-state index in [-0.39, 0.29) is 11.8 Å². The third-order valence-electron chi connectivity index (χ3n) is 7.96. The molecule has 2 atom stereocenters. The maximum Gasteiger partial charge on any atom is 0.252 e. The van der Waals surface area contributed by atoms with E-state index in [4.69, 9.17) is 4.74 Å². The summed E-state index contributed by atoms with van der Waals surface area (Å²) in [7, 11) is 3.60. The fraction of sp³-hybridized carbons (Fsp3) is 0.297. The minimum Gasteiger partial charge on any atom is -0.497 e. The maximum absolute atomic E-state index is 13.7. The van der Waals surface area contributed by atoms with Gasteiger partial charge in [-0.3, -0.25) is 9.59 Å². The van der Waals surface area contributed by atoms with Gasteiger partial charge in [0.15, 0.2) is 0 Å². The van der Waals surface area contributed by atoms with E-state index in [1.54, 1.807) is 25.3 Å². The lowest BCUT2D eigenvalue weighted by Gasteiger charge is -2.38. The van der Waals surface area contributed by atoms with Gasteiger partial charge in [-0.15, -0.1) is 0 Å². The van der Waals surface area contributed by atoms with Crippen molar-refractivity contribution in [3.05, 3.63) is 137 Å². The Labute approximate surface area is 260 Å². The van der Waals surface area contributed by atoms with Gasteiger partial charge in [0.05, 0.1) is 18.8 Å². The number of likely N-dealkylation sites (N-methyl/N-ethyl adjacent to an activating group) is 1. The number of nitrogens with one attached hydrogen (secondary N) is 2. The van der Waals surface area contributed by atoms with Crippen molar-refractivity contribution in [2.45, 2.75) is 38.3 Å². The van der Waals surface area contributed by atoms with Crippen LogP contribution >= 0.6 is 0 Å². The second kappa shape index (κ2) is 15.3. The summed E-state index contributed by atoms with van der Waals surface area (Å²) >= 11 is 0. The molecule has 0 fully saturated rings. The van der Waals surface area contributed by atoms with Crippen LogP contribution in [0.4, 0.5) is 0 Å². The van der Waals surface area contributed by atoms with Crippen LogP contribution in [0.1, 0.15) is 49.9 Å². The number of carbonyl (C=O) groups excluding carboxylic acids is 2. The fourth-order valence-electron chi connectivity index (χ4n) is 5.27. The Kier molecular flexibility index (Phi) is 11.3. The zero-order chi connectivity index (χ0) is 31.5. The van der Waals surface area contributed by atoms with Crippen LogP contribution in [0.3, 0.4) is 0 Å². The molecule has 0 saturated heterocycles. The standard InChI is InChI=1S/C37H43N3O4/c1-27-22-30(35(42)38-20-18-29-14-11-17-33(24-29)44-4)25-31(23-27)36(43)39-37(2,32-15-9-6-10-16-32)34(41)26-40(3)21-19-28-12-7-5-8-13-28/h5-17,22-25,34,41H,18-21,26H2,1-4H3,(H,38,42)(H,39,43)/t34-,37+/m1/s1. The van der Waals surface area contributed by atoms with Crippen molar-refractivity contribution in [3.8, 4) is 5.75 Å². The van der Waals surface area contributed by atoms with Gasteiger partial charge in [-0.2, -0.15) is 0 Å². The van der Waals surface area contributed by atoms with Gasteiger partial charge in [0, 0.05) is 30.8 Å². The summed E-state index contributed by atoms with van der Waals surface area (Å²) in [6.45, 7) is 5.26. The third-order valence-corrected chi connectivity index (χ3v) is 7.96. The molecule has 2 amide bonds. The summed E-state index contributed by atoms with van der Waals surface area (Å²) in [4.78, 5) is 28.9. The molecule has 0 aliphatic rings. The Morgan fingerprint density at radius 1 is 0.841 bits per heavy atom. The van der Waals surface area contributed by atoms with Gasteiger partial charge in [0.25, 0.3) is 11.8 Å². The SMILES string of the molecule is COc1cccc(CCNC(=O)c2cc(C)cc(C(=O)N[C@@](C)(c3ccccc3)[C@H](O)CN(C)CCc3ccccc3)c2)c1. The third kappa shape index (κ3) is 8.78. The molecule has 7 heteroatoms. The number of rotatable bonds is 14. The van der Waals surface area contributed by atoms with E-state index in [0.717, 1.165) is 35.4 Å². The molecule has 0 saturated carbocycles. The molecular weight excluding hydrogens is 550 g/mol. The molecule has 230 valence electrons. The van der Waals surface area contributed by atoms with Crippen molar-refractivity contribution in [2.75, 3.05) is 33.8 Å². The topological polar surface area (TPSA) is 90.9 Å². The summed E-state index contributed by atoms with van der Waals surface area (Å²) in [6, 6.07) is 32.6. The predicted molar refractivity (Wildman–Crippen MR) is 175 cm³/mol. The number of aryl methyl sites for hydroxylation is 1. The zero-order valence-corrected chi connectivity index (χ0v) is 26.0. The molecular formula is C37H43N3O4. The lowest BCUT2D eigenvalue weighted by Crippen LogP contribution is -2.55. The molecule has 4 aromatic rings. The highest BCUT2D eigenvalue weighted by Gasteiger charge is 2.37. The highest BCUT2D eigenvalue weighted by atomic mass is 16.5. The van der Waals surface area contributed by atoms with Gasteiger partial charge in [-0.1, -0.05) is 72.8 Å². The van der Waals surface area contributed by atoms with Crippen LogP contribution < -0.4 is 15.4 Å². The fourth-order valence-corrected chi connectivity index (χ4v) is 5.27. The van der Waals surface area contributed by atoms with Crippen LogP contribution in [0.5, 0.6) is 5.75 Å². The van der Waals surface area contributed by atoms with E-state index in [9.17, 15) is 14.7 Å². The lowest BCUT2D eigenvalue weighted by atomic mass is 9.85.